The van der Waals surface area contributed by atoms with Gasteiger partial charge < -0.3 is 15.4 Å². The SMILES string of the molecule is C=C(/C(=C\C=C/C)CN)N1CCOCC1.CCC. The van der Waals surface area contributed by atoms with Crippen molar-refractivity contribution in [1.29, 1.82) is 0 Å². The van der Waals surface area contributed by atoms with Crippen LogP contribution < -0.4 is 5.73 Å². The number of ether oxygens (including phenoxy) is 1. The molecule has 0 unspecified atom stereocenters. The third-order valence-corrected chi connectivity index (χ3v) is 2.47. The van der Waals surface area contributed by atoms with E-state index in [0.29, 0.717) is 6.54 Å². The van der Waals surface area contributed by atoms with Crippen LogP contribution in [0.25, 0.3) is 0 Å². The number of morpholine rings is 1. The van der Waals surface area contributed by atoms with Crippen LogP contribution in [-0.4, -0.2) is 37.7 Å². The molecule has 3 heteroatoms. The second-order valence-electron chi connectivity index (χ2n) is 4.18. The second-order valence-corrected chi connectivity index (χ2v) is 4.18. The van der Waals surface area contributed by atoms with E-state index in [2.05, 4.69) is 25.3 Å². The molecule has 0 aromatic heterocycles. The normalized spacial score (nSPS) is 16.4. The standard InChI is InChI=1S/C12H20N2O.C3H8/c1-3-4-5-12(10-13)11(2)14-6-8-15-9-7-14;1-3-2/h3-5H,2,6-10,13H2,1H3;3H2,1-2H3/b4-3-,12-5-;. The van der Waals surface area contributed by atoms with E-state index in [9.17, 15) is 0 Å². The topological polar surface area (TPSA) is 38.5 Å². The van der Waals surface area contributed by atoms with E-state index in [-0.39, 0.29) is 0 Å². The summed E-state index contributed by atoms with van der Waals surface area (Å²) in [5, 5.41) is 0. The van der Waals surface area contributed by atoms with E-state index in [1.807, 2.05) is 25.2 Å². The summed E-state index contributed by atoms with van der Waals surface area (Å²) in [6.07, 6.45) is 7.26. The predicted octanol–water partition coefficient (Wildman–Crippen LogP) is 2.71. The van der Waals surface area contributed by atoms with Crippen LogP contribution in [-0.2, 0) is 4.74 Å². The molecule has 0 spiro atoms. The summed E-state index contributed by atoms with van der Waals surface area (Å²) < 4.78 is 5.30. The first-order valence-corrected chi connectivity index (χ1v) is 6.75. The minimum atomic E-state index is 0.528. The molecular formula is C15H28N2O. The van der Waals surface area contributed by atoms with Gasteiger partial charge in [-0.2, -0.15) is 0 Å². The molecule has 0 atom stereocenters. The Hall–Kier alpha value is -1.06. The van der Waals surface area contributed by atoms with Gasteiger partial charge in [0.15, 0.2) is 0 Å². The van der Waals surface area contributed by atoms with E-state index in [4.69, 9.17) is 10.5 Å². The summed E-state index contributed by atoms with van der Waals surface area (Å²) in [6, 6.07) is 0. The molecule has 0 aromatic rings. The van der Waals surface area contributed by atoms with Crippen molar-refractivity contribution in [3.8, 4) is 0 Å². The van der Waals surface area contributed by atoms with Crippen molar-refractivity contribution in [1.82, 2.24) is 4.90 Å². The van der Waals surface area contributed by atoms with E-state index >= 15 is 0 Å². The van der Waals surface area contributed by atoms with Crippen molar-refractivity contribution in [3.63, 3.8) is 0 Å². The first kappa shape index (κ1) is 16.9. The number of allylic oxidation sites excluding steroid dienone is 3. The molecule has 0 aromatic carbocycles. The largest absolute Gasteiger partial charge is 0.378 e. The van der Waals surface area contributed by atoms with Crippen LogP contribution in [0.1, 0.15) is 27.2 Å². The highest BCUT2D eigenvalue weighted by Gasteiger charge is 2.13. The molecule has 1 heterocycles. The Morgan fingerprint density at radius 2 is 1.89 bits per heavy atom. The Kier molecular flexibility index (Phi) is 10.4. The number of hydrogen-bond acceptors (Lipinski definition) is 3. The highest BCUT2D eigenvalue weighted by atomic mass is 16.5. The fourth-order valence-corrected chi connectivity index (χ4v) is 1.53. The van der Waals surface area contributed by atoms with E-state index in [1.54, 1.807) is 0 Å². The molecule has 0 bridgehead atoms. The summed E-state index contributed by atoms with van der Waals surface area (Å²) in [4.78, 5) is 2.23. The lowest BCUT2D eigenvalue weighted by Gasteiger charge is -2.31. The number of nitrogens with zero attached hydrogens (tertiary/aromatic N) is 1. The van der Waals surface area contributed by atoms with Crippen molar-refractivity contribution in [3.05, 3.63) is 36.1 Å². The molecule has 1 aliphatic rings. The molecular weight excluding hydrogens is 224 g/mol. The van der Waals surface area contributed by atoms with Gasteiger partial charge in [0.25, 0.3) is 0 Å². The average molecular weight is 252 g/mol. The summed E-state index contributed by atoms with van der Waals surface area (Å²) in [5.74, 6) is 0. The van der Waals surface area contributed by atoms with Gasteiger partial charge >= 0.3 is 0 Å². The Balaban J connectivity index is 0.000000873. The van der Waals surface area contributed by atoms with Crippen LogP contribution in [0, 0.1) is 0 Å². The van der Waals surface area contributed by atoms with Gasteiger partial charge in [0.05, 0.1) is 13.2 Å². The van der Waals surface area contributed by atoms with Crippen LogP contribution in [0.5, 0.6) is 0 Å². The third-order valence-electron chi connectivity index (χ3n) is 2.47. The highest BCUT2D eigenvalue weighted by Crippen LogP contribution is 2.14. The Labute approximate surface area is 112 Å². The molecule has 2 N–H and O–H groups in total. The quantitative estimate of drug-likeness (QED) is 0.782. The smallest absolute Gasteiger partial charge is 0.0642 e. The summed E-state index contributed by atoms with van der Waals surface area (Å²) in [6.45, 7) is 14.2. The molecule has 3 nitrogen and oxygen atoms in total. The van der Waals surface area contributed by atoms with Gasteiger partial charge in [0.2, 0.25) is 0 Å². The van der Waals surface area contributed by atoms with E-state index < -0.39 is 0 Å². The average Bonchev–Trinajstić information content (AvgIpc) is 2.41. The molecule has 0 aliphatic carbocycles. The maximum atomic E-state index is 5.70. The maximum Gasteiger partial charge on any atom is 0.0642 e. The lowest BCUT2D eigenvalue weighted by atomic mass is 10.1. The van der Waals surface area contributed by atoms with Crippen molar-refractivity contribution in [2.75, 3.05) is 32.8 Å². The third kappa shape index (κ3) is 6.62. The van der Waals surface area contributed by atoms with Crippen LogP contribution in [0.2, 0.25) is 0 Å². The van der Waals surface area contributed by atoms with Crippen LogP contribution >= 0.6 is 0 Å². The lowest BCUT2D eigenvalue weighted by molar-refractivity contribution is 0.0549. The number of hydrogen-bond donors (Lipinski definition) is 1. The van der Waals surface area contributed by atoms with Gasteiger partial charge in [-0.05, 0) is 12.5 Å². The molecule has 1 saturated heterocycles. The zero-order valence-electron chi connectivity index (χ0n) is 12.1. The Morgan fingerprint density at radius 3 is 2.33 bits per heavy atom. The molecule has 1 fully saturated rings. The first-order valence-electron chi connectivity index (χ1n) is 6.75. The minimum Gasteiger partial charge on any atom is -0.378 e. The van der Waals surface area contributed by atoms with Gasteiger partial charge in [0, 0.05) is 25.3 Å². The van der Waals surface area contributed by atoms with Gasteiger partial charge in [-0.25, -0.2) is 0 Å². The van der Waals surface area contributed by atoms with Gasteiger partial charge in [0.1, 0.15) is 0 Å². The van der Waals surface area contributed by atoms with Gasteiger partial charge in [-0.1, -0.05) is 45.1 Å². The summed E-state index contributed by atoms with van der Waals surface area (Å²) >= 11 is 0. The van der Waals surface area contributed by atoms with Crippen molar-refractivity contribution in [2.24, 2.45) is 5.73 Å². The fourth-order valence-electron chi connectivity index (χ4n) is 1.53. The first-order chi connectivity index (χ1) is 8.71. The van der Waals surface area contributed by atoms with Crippen LogP contribution in [0.3, 0.4) is 0 Å². The summed E-state index contributed by atoms with van der Waals surface area (Å²) in [5.41, 5.74) is 7.82. The molecule has 0 saturated carbocycles. The Morgan fingerprint density at radius 1 is 1.33 bits per heavy atom. The maximum absolute atomic E-state index is 5.70. The zero-order chi connectivity index (χ0) is 13.8. The van der Waals surface area contributed by atoms with Gasteiger partial charge in [-0.15, -0.1) is 0 Å². The summed E-state index contributed by atoms with van der Waals surface area (Å²) in [7, 11) is 0. The molecule has 0 amide bonds. The van der Waals surface area contributed by atoms with Crippen LogP contribution in [0.15, 0.2) is 36.1 Å². The zero-order valence-corrected chi connectivity index (χ0v) is 12.1. The van der Waals surface area contributed by atoms with E-state index in [1.165, 1.54) is 6.42 Å². The monoisotopic (exact) mass is 252 g/mol. The number of nitrogens with two attached hydrogens (primary N) is 1. The van der Waals surface area contributed by atoms with Crippen LogP contribution in [0.4, 0.5) is 0 Å². The van der Waals surface area contributed by atoms with Crippen molar-refractivity contribution >= 4 is 0 Å². The molecule has 18 heavy (non-hydrogen) atoms. The molecule has 104 valence electrons. The Bertz CT molecular complexity index is 276. The second kappa shape index (κ2) is 11.1. The molecule has 0 radical (unpaired) electrons. The van der Waals surface area contributed by atoms with Crippen molar-refractivity contribution in [2.45, 2.75) is 27.2 Å². The van der Waals surface area contributed by atoms with E-state index in [0.717, 1.165) is 37.6 Å². The van der Waals surface area contributed by atoms with Crippen molar-refractivity contribution < 1.29 is 4.74 Å². The van der Waals surface area contributed by atoms with Gasteiger partial charge in [-0.3, -0.25) is 0 Å². The predicted molar refractivity (Wildman–Crippen MR) is 79.4 cm³/mol. The lowest BCUT2D eigenvalue weighted by Crippen LogP contribution is -2.36. The molecule has 1 aliphatic heterocycles. The minimum absolute atomic E-state index is 0.528. The number of rotatable bonds is 4. The highest BCUT2D eigenvalue weighted by molar-refractivity contribution is 5.31. The molecule has 1 rings (SSSR count). The fraction of sp³-hybridized carbons (Fsp3) is 0.600.